The van der Waals surface area contributed by atoms with Gasteiger partial charge in [0.15, 0.2) is 15.7 Å². The SMILES string of the molecule is CC(C)Cc1noc(CNc2ccc(S(=O)(=O)C3CCCC3)cc2)n1. The molecule has 3 rings (SSSR count). The van der Waals surface area contributed by atoms with Crippen LogP contribution in [0.25, 0.3) is 0 Å². The summed E-state index contributed by atoms with van der Waals surface area (Å²) in [5, 5.41) is 6.92. The van der Waals surface area contributed by atoms with Crippen molar-refractivity contribution < 1.29 is 12.9 Å². The summed E-state index contributed by atoms with van der Waals surface area (Å²) in [5.74, 6) is 1.72. The Bertz CT molecular complexity index is 791. The van der Waals surface area contributed by atoms with Crippen LogP contribution in [0.4, 0.5) is 5.69 Å². The third-order valence-corrected chi connectivity index (χ3v) is 6.75. The van der Waals surface area contributed by atoms with Crippen molar-refractivity contribution in [1.82, 2.24) is 10.1 Å². The van der Waals surface area contributed by atoms with Gasteiger partial charge < -0.3 is 9.84 Å². The molecule has 136 valence electrons. The lowest BCUT2D eigenvalue weighted by atomic mass is 10.1. The number of nitrogens with zero attached hydrogens (tertiary/aromatic N) is 2. The van der Waals surface area contributed by atoms with E-state index in [9.17, 15) is 8.42 Å². The lowest BCUT2D eigenvalue weighted by Crippen LogP contribution is -2.17. The first-order valence-corrected chi connectivity index (χ1v) is 10.4. The molecule has 0 spiro atoms. The number of rotatable bonds is 7. The van der Waals surface area contributed by atoms with Crippen LogP contribution in [-0.4, -0.2) is 23.8 Å². The van der Waals surface area contributed by atoms with Gasteiger partial charge in [-0.25, -0.2) is 8.42 Å². The molecule has 0 radical (unpaired) electrons. The lowest BCUT2D eigenvalue weighted by molar-refractivity contribution is 0.375. The van der Waals surface area contributed by atoms with Crippen molar-refractivity contribution in [2.45, 2.75) is 62.6 Å². The smallest absolute Gasteiger partial charge is 0.245 e. The highest BCUT2D eigenvalue weighted by Crippen LogP contribution is 2.30. The maximum absolute atomic E-state index is 12.6. The molecule has 6 nitrogen and oxygen atoms in total. The van der Waals surface area contributed by atoms with Crippen LogP contribution in [-0.2, 0) is 22.8 Å². The predicted molar refractivity (Wildman–Crippen MR) is 96.1 cm³/mol. The largest absolute Gasteiger partial charge is 0.376 e. The van der Waals surface area contributed by atoms with Crippen LogP contribution >= 0.6 is 0 Å². The Balaban J connectivity index is 1.60. The summed E-state index contributed by atoms with van der Waals surface area (Å²) in [4.78, 5) is 4.74. The maximum atomic E-state index is 12.6. The average molecular weight is 363 g/mol. The highest BCUT2D eigenvalue weighted by molar-refractivity contribution is 7.92. The van der Waals surface area contributed by atoms with Crippen LogP contribution in [0.5, 0.6) is 0 Å². The topological polar surface area (TPSA) is 85.1 Å². The Morgan fingerprint density at radius 1 is 1.20 bits per heavy atom. The van der Waals surface area contributed by atoms with E-state index in [1.54, 1.807) is 24.3 Å². The van der Waals surface area contributed by atoms with Crippen molar-refractivity contribution in [1.29, 1.82) is 0 Å². The molecule has 1 aromatic carbocycles. The van der Waals surface area contributed by atoms with E-state index in [-0.39, 0.29) is 5.25 Å². The Morgan fingerprint density at radius 3 is 2.52 bits per heavy atom. The van der Waals surface area contributed by atoms with Crippen molar-refractivity contribution in [3.05, 3.63) is 36.0 Å². The van der Waals surface area contributed by atoms with Crippen LogP contribution in [0.2, 0.25) is 0 Å². The molecule has 1 saturated carbocycles. The van der Waals surface area contributed by atoms with Gasteiger partial charge in [0.2, 0.25) is 5.89 Å². The first-order chi connectivity index (χ1) is 11.9. The van der Waals surface area contributed by atoms with Crippen molar-refractivity contribution in [3.63, 3.8) is 0 Å². The van der Waals surface area contributed by atoms with Gasteiger partial charge >= 0.3 is 0 Å². The van der Waals surface area contributed by atoms with E-state index in [1.165, 1.54) is 0 Å². The Kier molecular flexibility index (Phi) is 5.42. The third-order valence-electron chi connectivity index (χ3n) is 4.47. The molecule has 0 saturated heterocycles. The molecule has 0 bridgehead atoms. The summed E-state index contributed by atoms with van der Waals surface area (Å²) in [6.07, 6.45) is 4.35. The summed E-state index contributed by atoms with van der Waals surface area (Å²) in [6.45, 7) is 4.63. The molecule has 0 amide bonds. The lowest BCUT2D eigenvalue weighted by Gasteiger charge is -2.11. The van der Waals surface area contributed by atoms with E-state index in [4.69, 9.17) is 4.52 Å². The van der Waals surface area contributed by atoms with Gasteiger partial charge in [0, 0.05) is 12.1 Å². The second-order valence-corrected chi connectivity index (χ2v) is 9.26. The third kappa shape index (κ3) is 4.39. The first-order valence-electron chi connectivity index (χ1n) is 8.84. The first kappa shape index (κ1) is 17.9. The molecule has 1 fully saturated rings. The molecule has 7 heteroatoms. The van der Waals surface area contributed by atoms with Gasteiger partial charge in [-0.3, -0.25) is 0 Å². The van der Waals surface area contributed by atoms with E-state index < -0.39 is 9.84 Å². The number of hydrogen-bond donors (Lipinski definition) is 1. The van der Waals surface area contributed by atoms with Gasteiger partial charge in [0.1, 0.15) is 0 Å². The molecule has 1 aliphatic carbocycles. The Labute approximate surface area is 148 Å². The van der Waals surface area contributed by atoms with Gasteiger partial charge in [-0.1, -0.05) is 31.8 Å². The molecule has 1 N–H and O–H groups in total. The van der Waals surface area contributed by atoms with E-state index in [0.717, 1.165) is 37.8 Å². The highest BCUT2D eigenvalue weighted by atomic mass is 32.2. The predicted octanol–water partition coefficient (Wildman–Crippen LogP) is 3.60. The van der Waals surface area contributed by atoms with Crippen LogP contribution in [0.1, 0.15) is 51.2 Å². The number of anilines is 1. The maximum Gasteiger partial charge on any atom is 0.245 e. The van der Waals surface area contributed by atoms with Gasteiger partial charge in [-0.15, -0.1) is 0 Å². The minimum absolute atomic E-state index is 0.218. The number of sulfone groups is 1. The van der Waals surface area contributed by atoms with E-state index >= 15 is 0 Å². The molecule has 2 aromatic rings. The Hall–Kier alpha value is -1.89. The molecule has 1 aliphatic rings. The molecular weight excluding hydrogens is 338 g/mol. The fourth-order valence-electron chi connectivity index (χ4n) is 3.14. The summed E-state index contributed by atoms with van der Waals surface area (Å²) in [5.41, 5.74) is 0.828. The van der Waals surface area contributed by atoms with Crippen molar-refractivity contribution in [2.75, 3.05) is 5.32 Å². The van der Waals surface area contributed by atoms with Crippen LogP contribution in [0.3, 0.4) is 0 Å². The summed E-state index contributed by atoms with van der Waals surface area (Å²) in [7, 11) is -3.20. The van der Waals surface area contributed by atoms with Crippen LogP contribution < -0.4 is 5.32 Å². The molecular formula is C18H25N3O3S. The zero-order valence-corrected chi connectivity index (χ0v) is 15.6. The molecule has 25 heavy (non-hydrogen) atoms. The van der Waals surface area contributed by atoms with Crippen molar-refractivity contribution in [2.24, 2.45) is 5.92 Å². The summed E-state index contributed by atoms with van der Waals surface area (Å²) < 4.78 is 30.3. The Morgan fingerprint density at radius 2 is 1.88 bits per heavy atom. The minimum Gasteiger partial charge on any atom is -0.376 e. The van der Waals surface area contributed by atoms with Crippen molar-refractivity contribution in [3.8, 4) is 0 Å². The zero-order chi connectivity index (χ0) is 17.9. The monoisotopic (exact) mass is 363 g/mol. The number of benzene rings is 1. The fourth-order valence-corrected chi connectivity index (χ4v) is 5.00. The summed E-state index contributed by atoms with van der Waals surface area (Å²) >= 11 is 0. The molecule has 1 heterocycles. The van der Waals surface area contributed by atoms with E-state index in [2.05, 4.69) is 29.3 Å². The van der Waals surface area contributed by atoms with E-state index in [0.29, 0.717) is 29.1 Å². The van der Waals surface area contributed by atoms with Crippen LogP contribution in [0.15, 0.2) is 33.7 Å². The summed E-state index contributed by atoms with van der Waals surface area (Å²) in [6, 6.07) is 6.92. The van der Waals surface area contributed by atoms with Crippen molar-refractivity contribution >= 4 is 15.5 Å². The molecule has 0 aliphatic heterocycles. The van der Waals surface area contributed by atoms with E-state index in [1.807, 2.05) is 0 Å². The average Bonchev–Trinajstić information content (AvgIpc) is 3.25. The molecule has 0 atom stereocenters. The number of aromatic nitrogens is 2. The normalized spacial score (nSPS) is 15.8. The number of nitrogens with one attached hydrogen (secondary N) is 1. The van der Waals surface area contributed by atoms with Gasteiger partial charge in [-0.05, 0) is 43.0 Å². The van der Waals surface area contributed by atoms with Gasteiger partial charge in [0.25, 0.3) is 0 Å². The molecule has 0 unspecified atom stereocenters. The minimum atomic E-state index is -3.20. The van der Waals surface area contributed by atoms with Gasteiger partial charge in [-0.2, -0.15) is 4.98 Å². The second-order valence-electron chi connectivity index (χ2n) is 7.03. The fraction of sp³-hybridized carbons (Fsp3) is 0.556. The van der Waals surface area contributed by atoms with Gasteiger partial charge in [0.05, 0.1) is 16.7 Å². The second kappa shape index (κ2) is 7.56. The van der Waals surface area contributed by atoms with Crippen LogP contribution in [0, 0.1) is 5.92 Å². The standard InChI is InChI=1S/C18H25N3O3S/c1-13(2)11-17-20-18(24-21-17)12-19-14-7-9-16(10-8-14)25(22,23)15-5-3-4-6-15/h7-10,13,15,19H,3-6,11-12H2,1-2H3. The number of hydrogen-bond acceptors (Lipinski definition) is 6. The zero-order valence-electron chi connectivity index (χ0n) is 14.7. The quantitative estimate of drug-likeness (QED) is 0.809. The highest BCUT2D eigenvalue weighted by Gasteiger charge is 2.30. The molecule has 1 aromatic heterocycles.